The molecule has 0 aromatic rings. The second-order valence-electron chi connectivity index (χ2n) is 10.8. The zero-order valence-corrected chi connectivity index (χ0v) is 19.1. The van der Waals surface area contributed by atoms with Crippen LogP contribution >= 0.6 is 0 Å². The van der Waals surface area contributed by atoms with Crippen LogP contribution in [0.15, 0.2) is 0 Å². The molecule has 0 radical (unpaired) electrons. The first-order valence-electron chi connectivity index (χ1n) is 9.81. The molecule has 0 saturated carbocycles. The summed E-state index contributed by atoms with van der Waals surface area (Å²) < 4.78 is 21.8. The molecule has 0 atom stereocenters. The van der Waals surface area contributed by atoms with E-state index in [2.05, 4.69) is 0 Å². The van der Waals surface area contributed by atoms with Gasteiger partial charge in [-0.3, -0.25) is 0 Å². The largest absolute Gasteiger partial charge is 0.508 e. The Labute approximate surface area is 170 Å². The normalized spacial score (nSPS) is 13.5. The summed E-state index contributed by atoms with van der Waals surface area (Å²) in [6, 6.07) is 0. The van der Waals surface area contributed by atoms with Crippen molar-refractivity contribution in [2.45, 2.75) is 55.4 Å². The molecule has 0 heterocycles. The number of hydrogen-bond donors (Lipinski definition) is 2. The van der Waals surface area contributed by atoms with Crippen molar-refractivity contribution in [1.29, 1.82) is 0 Å². The van der Waals surface area contributed by atoms with E-state index in [9.17, 15) is 15.0 Å². The summed E-state index contributed by atoms with van der Waals surface area (Å²) in [5.74, 6) is 0. The molecular formula is C21H42O7. The minimum atomic E-state index is -0.715. The minimum absolute atomic E-state index is 0.0489. The van der Waals surface area contributed by atoms with Crippen LogP contribution in [0, 0.1) is 21.7 Å². The number of rotatable bonds is 14. The summed E-state index contributed by atoms with van der Waals surface area (Å²) in [4.78, 5) is 11.9. The molecule has 0 aromatic heterocycles. The van der Waals surface area contributed by atoms with E-state index >= 15 is 0 Å². The van der Waals surface area contributed by atoms with E-state index < -0.39 is 6.16 Å². The summed E-state index contributed by atoms with van der Waals surface area (Å²) in [5, 5.41) is 18.5. The van der Waals surface area contributed by atoms with Crippen LogP contribution in [0.3, 0.4) is 0 Å². The van der Waals surface area contributed by atoms with Crippen molar-refractivity contribution in [3.05, 3.63) is 0 Å². The molecule has 0 aliphatic heterocycles. The first-order chi connectivity index (χ1) is 12.6. The molecule has 168 valence electrons. The quantitative estimate of drug-likeness (QED) is 0.428. The smallest absolute Gasteiger partial charge is 0.434 e. The molecule has 0 aromatic carbocycles. The zero-order valence-electron chi connectivity index (χ0n) is 19.1. The fourth-order valence-corrected chi connectivity index (χ4v) is 1.93. The SMILES string of the molecule is CC(C)(CO)COCC(C)(C)COC(=O)OCC(C)(C)COCC(C)(C)CO. The monoisotopic (exact) mass is 406 g/mol. The molecule has 0 spiro atoms. The zero-order chi connectivity index (χ0) is 22.1. The van der Waals surface area contributed by atoms with Gasteiger partial charge in [-0.05, 0) is 0 Å². The van der Waals surface area contributed by atoms with Crippen LogP contribution in [0.5, 0.6) is 0 Å². The van der Waals surface area contributed by atoms with Crippen LogP contribution in [0.25, 0.3) is 0 Å². The van der Waals surface area contributed by atoms with Crippen LogP contribution in [-0.4, -0.2) is 69.2 Å². The highest BCUT2D eigenvalue weighted by molar-refractivity contribution is 5.59. The van der Waals surface area contributed by atoms with Crippen LogP contribution in [-0.2, 0) is 18.9 Å². The van der Waals surface area contributed by atoms with E-state index in [0.717, 1.165) is 0 Å². The van der Waals surface area contributed by atoms with Crippen molar-refractivity contribution in [1.82, 2.24) is 0 Å². The second-order valence-corrected chi connectivity index (χ2v) is 10.8. The lowest BCUT2D eigenvalue weighted by Crippen LogP contribution is -2.33. The van der Waals surface area contributed by atoms with E-state index in [1.54, 1.807) is 0 Å². The van der Waals surface area contributed by atoms with Gasteiger partial charge in [-0.2, -0.15) is 0 Å². The van der Waals surface area contributed by atoms with Gasteiger partial charge in [0.25, 0.3) is 0 Å². The maximum atomic E-state index is 11.9. The lowest BCUT2D eigenvalue weighted by atomic mass is 9.94. The number of carbonyl (C=O) groups is 1. The Hall–Kier alpha value is -0.890. The first-order valence-corrected chi connectivity index (χ1v) is 9.81. The highest BCUT2D eigenvalue weighted by Crippen LogP contribution is 2.22. The molecule has 0 aliphatic rings. The van der Waals surface area contributed by atoms with Crippen molar-refractivity contribution in [2.24, 2.45) is 21.7 Å². The molecule has 0 rings (SSSR count). The summed E-state index contributed by atoms with van der Waals surface area (Å²) in [6.07, 6.45) is -0.715. The topological polar surface area (TPSA) is 94.5 Å². The lowest BCUT2D eigenvalue weighted by molar-refractivity contribution is -0.0488. The number of carbonyl (C=O) groups excluding carboxylic acids is 1. The van der Waals surface area contributed by atoms with Gasteiger partial charge in [-0.15, -0.1) is 0 Å². The summed E-state index contributed by atoms with van der Waals surface area (Å²) in [5.41, 5.74) is -1.32. The predicted octanol–water partition coefficient (Wildman–Crippen LogP) is 3.26. The maximum absolute atomic E-state index is 11.9. The highest BCUT2D eigenvalue weighted by atomic mass is 16.7. The van der Waals surface area contributed by atoms with Gasteiger partial charge < -0.3 is 29.2 Å². The molecule has 28 heavy (non-hydrogen) atoms. The van der Waals surface area contributed by atoms with E-state index in [0.29, 0.717) is 26.4 Å². The van der Waals surface area contributed by atoms with Crippen molar-refractivity contribution in [3.8, 4) is 0 Å². The van der Waals surface area contributed by atoms with Crippen LogP contribution in [0.1, 0.15) is 55.4 Å². The van der Waals surface area contributed by atoms with Gasteiger partial charge >= 0.3 is 6.16 Å². The molecule has 0 amide bonds. The van der Waals surface area contributed by atoms with Crippen molar-refractivity contribution < 1.29 is 34.0 Å². The molecule has 0 saturated heterocycles. The van der Waals surface area contributed by atoms with Gasteiger partial charge in [0, 0.05) is 21.7 Å². The van der Waals surface area contributed by atoms with Gasteiger partial charge in [0.1, 0.15) is 13.2 Å². The van der Waals surface area contributed by atoms with Crippen LogP contribution < -0.4 is 0 Å². The van der Waals surface area contributed by atoms with E-state index in [4.69, 9.17) is 18.9 Å². The van der Waals surface area contributed by atoms with Gasteiger partial charge in [0.15, 0.2) is 0 Å². The summed E-state index contributed by atoms with van der Waals surface area (Å²) in [7, 11) is 0. The Morgan fingerprint density at radius 1 is 0.571 bits per heavy atom. The molecule has 0 aliphatic carbocycles. The Bertz CT molecular complexity index is 416. The third-order valence-corrected chi connectivity index (χ3v) is 3.99. The number of ether oxygens (including phenoxy) is 4. The van der Waals surface area contributed by atoms with Crippen molar-refractivity contribution in [3.63, 3.8) is 0 Å². The molecule has 0 unspecified atom stereocenters. The molecule has 0 bridgehead atoms. The van der Waals surface area contributed by atoms with Crippen LogP contribution in [0.2, 0.25) is 0 Å². The fourth-order valence-electron chi connectivity index (χ4n) is 1.93. The second kappa shape index (κ2) is 11.3. The van der Waals surface area contributed by atoms with Crippen molar-refractivity contribution >= 4 is 6.16 Å². The summed E-state index contributed by atoms with van der Waals surface area (Å²) >= 11 is 0. The van der Waals surface area contributed by atoms with Gasteiger partial charge in [0.05, 0.1) is 39.6 Å². The molecule has 7 heteroatoms. The molecule has 2 N–H and O–H groups in total. The number of aliphatic hydroxyl groups is 2. The van der Waals surface area contributed by atoms with Gasteiger partial charge in [-0.25, -0.2) is 4.79 Å². The lowest BCUT2D eigenvalue weighted by Gasteiger charge is -2.28. The molecule has 0 fully saturated rings. The summed E-state index contributed by atoms with van der Waals surface area (Å²) in [6.45, 7) is 17.5. The maximum Gasteiger partial charge on any atom is 0.508 e. The fraction of sp³-hybridized carbons (Fsp3) is 0.952. The standard InChI is InChI=1S/C21H42O7/c1-18(2,9-22)11-25-13-20(5,6)15-27-17(24)28-16-21(7,8)14-26-12-19(3,4)10-23/h22-23H,9-16H2,1-8H3. The Balaban J connectivity index is 4.15. The third kappa shape index (κ3) is 13.3. The average Bonchev–Trinajstić information content (AvgIpc) is 2.57. The van der Waals surface area contributed by atoms with E-state index in [1.165, 1.54) is 0 Å². The number of aliphatic hydroxyl groups excluding tert-OH is 2. The van der Waals surface area contributed by atoms with Crippen LogP contribution in [0.4, 0.5) is 4.79 Å². The predicted molar refractivity (Wildman–Crippen MR) is 108 cm³/mol. The van der Waals surface area contributed by atoms with Gasteiger partial charge in [-0.1, -0.05) is 55.4 Å². The Kier molecular flexibility index (Phi) is 11.0. The molecule has 7 nitrogen and oxygen atoms in total. The minimum Gasteiger partial charge on any atom is -0.434 e. The molecular weight excluding hydrogens is 364 g/mol. The van der Waals surface area contributed by atoms with E-state index in [1.807, 2.05) is 55.4 Å². The number of hydrogen-bond acceptors (Lipinski definition) is 7. The van der Waals surface area contributed by atoms with Gasteiger partial charge in [0.2, 0.25) is 0 Å². The van der Waals surface area contributed by atoms with Crippen molar-refractivity contribution in [2.75, 3.05) is 52.9 Å². The highest BCUT2D eigenvalue weighted by Gasteiger charge is 2.26. The Morgan fingerprint density at radius 2 is 0.857 bits per heavy atom. The third-order valence-electron chi connectivity index (χ3n) is 3.99. The van der Waals surface area contributed by atoms with E-state index in [-0.39, 0.29) is 48.1 Å². The first kappa shape index (κ1) is 27.1. The Morgan fingerprint density at radius 3 is 1.14 bits per heavy atom. The average molecular weight is 407 g/mol.